The maximum Gasteiger partial charge on any atom is 0.0176 e. The van der Waals surface area contributed by atoms with Crippen LogP contribution in [0.5, 0.6) is 0 Å². The van der Waals surface area contributed by atoms with E-state index in [0.717, 1.165) is 36.3 Å². The van der Waals surface area contributed by atoms with Gasteiger partial charge in [0.05, 0.1) is 0 Å². The molecule has 3 rings (SSSR count). The van der Waals surface area contributed by atoms with Crippen molar-refractivity contribution in [3.63, 3.8) is 0 Å². The number of nitrogens with one attached hydrogen (secondary N) is 1. The third-order valence-corrected chi connectivity index (χ3v) is 4.91. The molecule has 0 amide bonds. The van der Waals surface area contributed by atoms with Gasteiger partial charge in [-0.05, 0) is 55.4 Å². The van der Waals surface area contributed by atoms with Crippen molar-refractivity contribution in [2.45, 2.75) is 32.2 Å². The quantitative estimate of drug-likeness (QED) is 0.757. The molecule has 3 aliphatic carbocycles. The zero-order valence-corrected chi connectivity index (χ0v) is 9.43. The first-order chi connectivity index (χ1) is 6.81. The van der Waals surface area contributed by atoms with Crippen molar-refractivity contribution in [2.75, 3.05) is 6.54 Å². The molecule has 0 aromatic heterocycles. The Morgan fingerprint density at radius 1 is 1.36 bits per heavy atom. The van der Waals surface area contributed by atoms with E-state index >= 15 is 0 Å². The predicted molar refractivity (Wildman–Crippen MR) is 59.2 cm³/mol. The van der Waals surface area contributed by atoms with Crippen LogP contribution >= 0.6 is 11.6 Å². The smallest absolute Gasteiger partial charge is 0.0176 e. The lowest BCUT2D eigenvalue weighted by molar-refractivity contribution is 0.456. The second-order valence-corrected chi connectivity index (χ2v) is 5.57. The zero-order valence-electron chi connectivity index (χ0n) is 8.67. The van der Waals surface area contributed by atoms with Crippen LogP contribution in [-0.2, 0) is 0 Å². The Kier molecular flexibility index (Phi) is 2.14. The van der Waals surface area contributed by atoms with Gasteiger partial charge in [-0.3, -0.25) is 0 Å². The molecular formula is C12H18ClN. The zero-order chi connectivity index (χ0) is 9.71. The molecule has 3 saturated carbocycles. The van der Waals surface area contributed by atoms with Crippen molar-refractivity contribution in [2.24, 2.45) is 23.7 Å². The molecular weight excluding hydrogens is 194 g/mol. The molecule has 0 aliphatic heterocycles. The number of fused-ring (bicyclic) bond motifs is 5. The van der Waals surface area contributed by atoms with Crippen LogP contribution in [0.15, 0.2) is 11.1 Å². The number of hydrogen-bond donors (Lipinski definition) is 1. The summed E-state index contributed by atoms with van der Waals surface area (Å²) >= 11 is 5.64. The summed E-state index contributed by atoms with van der Waals surface area (Å²) in [6.07, 6.45) is 4.56. The molecule has 0 aromatic rings. The number of hydrogen-bond acceptors (Lipinski definition) is 1. The summed E-state index contributed by atoms with van der Waals surface area (Å²) in [6, 6.07) is 0.841. The third-order valence-electron chi connectivity index (χ3n) is 4.54. The highest BCUT2D eigenvalue weighted by Crippen LogP contribution is 2.65. The van der Waals surface area contributed by atoms with Crippen LogP contribution in [0.4, 0.5) is 0 Å². The summed E-state index contributed by atoms with van der Waals surface area (Å²) < 4.78 is 0. The van der Waals surface area contributed by atoms with Crippen LogP contribution in [0.1, 0.15) is 26.2 Å². The molecule has 3 aliphatic rings. The van der Waals surface area contributed by atoms with Gasteiger partial charge in [-0.1, -0.05) is 11.6 Å². The monoisotopic (exact) mass is 211 g/mol. The highest BCUT2D eigenvalue weighted by Gasteiger charge is 2.64. The van der Waals surface area contributed by atoms with Crippen molar-refractivity contribution in [3.05, 3.63) is 11.1 Å². The van der Waals surface area contributed by atoms with Crippen molar-refractivity contribution in [1.82, 2.24) is 5.32 Å². The summed E-state index contributed by atoms with van der Waals surface area (Å²) in [5.74, 6) is 4.22. The lowest BCUT2D eigenvalue weighted by Crippen LogP contribution is -2.24. The van der Waals surface area contributed by atoms with E-state index in [4.69, 9.17) is 11.6 Å². The Balaban J connectivity index is 1.54. The standard InChI is InChI=1S/C12H18ClN/c1-7(5-13)6-14-12-10-8-2-3-9(4-8)11(10)12/h5,8-12,14H,2-4,6H2,1H3. The first-order valence-corrected chi connectivity index (χ1v) is 6.24. The summed E-state index contributed by atoms with van der Waals surface area (Å²) in [4.78, 5) is 0. The van der Waals surface area contributed by atoms with Crippen LogP contribution < -0.4 is 5.32 Å². The molecule has 1 N–H and O–H groups in total. The summed E-state index contributed by atoms with van der Waals surface area (Å²) in [6.45, 7) is 3.08. The van der Waals surface area contributed by atoms with E-state index in [1.165, 1.54) is 24.8 Å². The molecule has 78 valence electrons. The number of rotatable bonds is 3. The van der Waals surface area contributed by atoms with Gasteiger partial charge in [-0.25, -0.2) is 0 Å². The molecule has 1 nitrogen and oxygen atoms in total. The molecule has 0 aromatic carbocycles. The van der Waals surface area contributed by atoms with E-state index in [1.54, 1.807) is 5.54 Å². The van der Waals surface area contributed by atoms with Crippen molar-refractivity contribution < 1.29 is 0 Å². The molecule has 0 saturated heterocycles. The Hall–Kier alpha value is -0.0100. The van der Waals surface area contributed by atoms with Crippen molar-refractivity contribution in [1.29, 1.82) is 0 Å². The Morgan fingerprint density at radius 3 is 2.57 bits per heavy atom. The van der Waals surface area contributed by atoms with Crippen LogP contribution in [-0.4, -0.2) is 12.6 Å². The lowest BCUT2D eigenvalue weighted by Gasteiger charge is -2.10. The molecule has 3 fully saturated rings. The minimum atomic E-state index is 0.841. The fraction of sp³-hybridized carbons (Fsp3) is 0.833. The van der Waals surface area contributed by atoms with Crippen LogP contribution in [0.2, 0.25) is 0 Å². The molecule has 2 bridgehead atoms. The van der Waals surface area contributed by atoms with Gasteiger partial charge in [0.1, 0.15) is 0 Å². The minimum Gasteiger partial charge on any atom is -0.310 e. The fourth-order valence-corrected chi connectivity index (χ4v) is 3.99. The lowest BCUT2D eigenvalue weighted by atomic mass is 10.0. The van der Waals surface area contributed by atoms with Crippen LogP contribution in [0, 0.1) is 23.7 Å². The Labute approximate surface area is 90.9 Å². The highest BCUT2D eigenvalue weighted by atomic mass is 35.5. The SMILES string of the molecule is CC(=CCl)CNC1C2C3CCC(C3)C12. The van der Waals surface area contributed by atoms with Gasteiger partial charge in [0.25, 0.3) is 0 Å². The van der Waals surface area contributed by atoms with E-state index in [1.807, 2.05) is 0 Å². The minimum absolute atomic E-state index is 0.841. The van der Waals surface area contributed by atoms with Crippen molar-refractivity contribution in [3.8, 4) is 0 Å². The van der Waals surface area contributed by atoms with Gasteiger partial charge in [-0.2, -0.15) is 0 Å². The van der Waals surface area contributed by atoms with Gasteiger partial charge in [0, 0.05) is 18.1 Å². The van der Waals surface area contributed by atoms with Gasteiger partial charge in [0.2, 0.25) is 0 Å². The van der Waals surface area contributed by atoms with E-state index in [0.29, 0.717) is 0 Å². The Bertz CT molecular complexity index is 257. The summed E-state index contributed by atoms with van der Waals surface area (Å²) in [7, 11) is 0. The van der Waals surface area contributed by atoms with Gasteiger partial charge in [-0.15, -0.1) is 0 Å². The van der Waals surface area contributed by atoms with Crippen LogP contribution in [0.3, 0.4) is 0 Å². The molecule has 0 radical (unpaired) electrons. The van der Waals surface area contributed by atoms with Gasteiger partial charge >= 0.3 is 0 Å². The number of halogens is 1. The van der Waals surface area contributed by atoms with E-state index in [-0.39, 0.29) is 0 Å². The molecule has 4 atom stereocenters. The maximum absolute atomic E-state index is 5.64. The average Bonchev–Trinajstić information content (AvgIpc) is 2.60. The first kappa shape index (κ1) is 9.23. The third kappa shape index (κ3) is 1.25. The van der Waals surface area contributed by atoms with E-state index in [2.05, 4.69) is 12.2 Å². The molecule has 4 unspecified atom stereocenters. The van der Waals surface area contributed by atoms with E-state index < -0.39 is 0 Å². The second kappa shape index (κ2) is 3.24. The summed E-state index contributed by atoms with van der Waals surface area (Å²) in [5.41, 5.74) is 2.95. The highest BCUT2D eigenvalue weighted by molar-refractivity contribution is 6.25. The van der Waals surface area contributed by atoms with Crippen LogP contribution in [0.25, 0.3) is 0 Å². The van der Waals surface area contributed by atoms with Crippen molar-refractivity contribution >= 4 is 11.6 Å². The van der Waals surface area contributed by atoms with Gasteiger partial charge < -0.3 is 5.32 Å². The predicted octanol–water partition coefficient (Wildman–Crippen LogP) is 2.76. The molecule has 0 spiro atoms. The second-order valence-electron chi connectivity index (χ2n) is 5.35. The fourth-order valence-electron chi connectivity index (χ4n) is 3.92. The first-order valence-electron chi connectivity index (χ1n) is 5.80. The largest absolute Gasteiger partial charge is 0.310 e. The summed E-state index contributed by atoms with van der Waals surface area (Å²) in [5, 5.41) is 3.66. The molecule has 2 heteroatoms. The Morgan fingerprint density at radius 2 is 2.00 bits per heavy atom. The van der Waals surface area contributed by atoms with Gasteiger partial charge in [0.15, 0.2) is 0 Å². The average molecular weight is 212 g/mol. The molecule has 0 heterocycles. The van der Waals surface area contributed by atoms with E-state index in [9.17, 15) is 0 Å². The molecule has 14 heavy (non-hydrogen) atoms. The topological polar surface area (TPSA) is 12.0 Å². The maximum atomic E-state index is 5.64. The normalized spacial score (nSPS) is 49.6.